The number of nitrogens with zero attached hydrogens (tertiary/aromatic N) is 1. The molecule has 0 N–H and O–H groups in total. The molecule has 0 radical (unpaired) electrons. The van der Waals surface area contributed by atoms with Crippen molar-refractivity contribution in [2.75, 3.05) is 24.7 Å². The molecule has 0 spiro atoms. The fourth-order valence-corrected chi connectivity index (χ4v) is 2.94. The number of unbranched alkanes of at least 4 members (excludes halogenated alkanes) is 2. The standard InChI is InChI=1S/C23H25NO4/c1-2-3-4-15-27-21-11-8-18(9-12-21)10-13-22(25)19-6-5-7-20(17-19)24-14-16-28-23(24)26/h5-13,17H,2-4,14-16H2,1H3. The van der Waals surface area contributed by atoms with Crippen molar-refractivity contribution in [2.24, 2.45) is 0 Å². The highest BCUT2D eigenvalue weighted by Gasteiger charge is 2.23. The first-order valence-electron chi connectivity index (χ1n) is 9.67. The Morgan fingerprint density at radius 3 is 2.71 bits per heavy atom. The van der Waals surface area contributed by atoms with Crippen molar-refractivity contribution < 1.29 is 19.1 Å². The molecule has 0 aromatic heterocycles. The van der Waals surface area contributed by atoms with E-state index in [0.717, 1.165) is 24.3 Å². The molecule has 1 fully saturated rings. The number of hydrogen-bond donors (Lipinski definition) is 0. The van der Waals surface area contributed by atoms with E-state index in [9.17, 15) is 9.59 Å². The molecule has 2 aromatic rings. The lowest BCUT2D eigenvalue weighted by atomic mass is 10.1. The molecule has 1 aliphatic rings. The van der Waals surface area contributed by atoms with Gasteiger partial charge in [-0.1, -0.05) is 50.1 Å². The minimum atomic E-state index is -0.378. The average Bonchev–Trinajstić information content (AvgIpc) is 3.16. The smallest absolute Gasteiger partial charge is 0.414 e. The Hall–Kier alpha value is -3.08. The van der Waals surface area contributed by atoms with Crippen LogP contribution in [0.1, 0.15) is 42.1 Å². The van der Waals surface area contributed by atoms with Crippen molar-refractivity contribution in [1.82, 2.24) is 0 Å². The van der Waals surface area contributed by atoms with E-state index >= 15 is 0 Å². The first kappa shape index (κ1) is 19.7. The first-order chi connectivity index (χ1) is 13.7. The van der Waals surface area contributed by atoms with Gasteiger partial charge in [-0.05, 0) is 42.3 Å². The van der Waals surface area contributed by atoms with Gasteiger partial charge in [0.05, 0.1) is 13.2 Å². The molecule has 1 saturated heterocycles. The fraction of sp³-hybridized carbons (Fsp3) is 0.304. The molecule has 0 bridgehead atoms. The van der Waals surface area contributed by atoms with Crippen molar-refractivity contribution in [3.8, 4) is 5.75 Å². The second-order valence-corrected chi connectivity index (χ2v) is 6.64. The molecule has 0 aliphatic carbocycles. The van der Waals surface area contributed by atoms with Crippen LogP contribution in [-0.4, -0.2) is 31.6 Å². The highest BCUT2D eigenvalue weighted by atomic mass is 16.6. The summed E-state index contributed by atoms with van der Waals surface area (Å²) in [6.45, 7) is 3.76. The van der Waals surface area contributed by atoms with Crippen LogP contribution in [0.2, 0.25) is 0 Å². The highest BCUT2D eigenvalue weighted by molar-refractivity contribution is 6.07. The maximum atomic E-state index is 12.5. The largest absolute Gasteiger partial charge is 0.494 e. The molecule has 1 amide bonds. The number of carbonyl (C=O) groups excluding carboxylic acids is 2. The number of cyclic esters (lactones) is 1. The Morgan fingerprint density at radius 2 is 2.00 bits per heavy atom. The van der Waals surface area contributed by atoms with Crippen molar-refractivity contribution in [1.29, 1.82) is 0 Å². The molecule has 0 atom stereocenters. The van der Waals surface area contributed by atoms with Crippen LogP contribution in [-0.2, 0) is 4.74 Å². The molecule has 1 heterocycles. The van der Waals surface area contributed by atoms with E-state index in [1.807, 2.05) is 24.3 Å². The van der Waals surface area contributed by atoms with Crippen molar-refractivity contribution >= 4 is 23.6 Å². The van der Waals surface area contributed by atoms with Crippen LogP contribution in [0.25, 0.3) is 6.08 Å². The monoisotopic (exact) mass is 379 g/mol. The number of rotatable bonds is 9. The Labute approximate surface area is 165 Å². The summed E-state index contributed by atoms with van der Waals surface area (Å²) in [5, 5.41) is 0. The third-order valence-electron chi connectivity index (χ3n) is 4.53. The lowest BCUT2D eigenvalue weighted by Gasteiger charge is -2.13. The number of anilines is 1. The Balaban J connectivity index is 1.59. The topological polar surface area (TPSA) is 55.8 Å². The van der Waals surface area contributed by atoms with Gasteiger partial charge >= 0.3 is 6.09 Å². The second kappa shape index (κ2) is 9.74. The summed E-state index contributed by atoms with van der Waals surface area (Å²) in [6.07, 6.45) is 6.34. The van der Waals surface area contributed by atoms with Gasteiger partial charge < -0.3 is 9.47 Å². The van der Waals surface area contributed by atoms with Crippen LogP contribution in [0.15, 0.2) is 54.6 Å². The first-order valence-corrected chi connectivity index (χ1v) is 9.67. The van der Waals surface area contributed by atoms with E-state index in [0.29, 0.717) is 24.4 Å². The summed E-state index contributed by atoms with van der Waals surface area (Å²) in [5.41, 5.74) is 2.13. The lowest BCUT2D eigenvalue weighted by Crippen LogP contribution is -2.23. The zero-order chi connectivity index (χ0) is 19.8. The van der Waals surface area contributed by atoms with Gasteiger partial charge in [0, 0.05) is 11.3 Å². The predicted molar refractivity (Wildman–Crippen MR) is 110 cm³/mol. The summed E-state index contributed by atoms with van der Waals surface area (Å²) in [4.78, 5) is 25.7. The van der Waals surface area contributed by atoms with Crippen molar-refractivity contribution in [3.63, 3.8) is 0 Å². The lowest BCUT2D eigenvalue weighted by molar-refractivity contribution is 0.104. The average molecular weight is 379 g/mol. The quantitative estimate of drug-likeness (QED) is 0.345. The van der Waals surface area contributed by atoms with Crippen molar-refractivity contribution in [3.05, 3.63) is 65.7 Å². The fourth-order valence-electron chi connectivity index (χ4n) is 2.94. The number of carbonyl (C=O) groups is 2. The number of ketones is 1. The Morgan fingerprint density at radius 1 is 1.18 bits per heavy atom. The Bertz CT molecular complexity index is 842. The summed E-state index contributed by atoms with van der Waals surface area (Å²) < 4.78 is 10.6. The molecular formula is C23H25NO4. The second-order valence-electron chi connectivity index (χ2n) is 6.64. The number of benzene rings is 2. The van der Waals surface area contributed by atoms with Gasteiger partial charge in [0.15, 0.2) is 5.78 Å². The van der Waals surface area contributed by atoms with Crippen LogP contribution >= 0.6 is 0 Å². The maximum Gasteiger partial charge on any atom is 0.414 e. The van der Waals surface area contributed by atoms with Gasteiger partial charge in [0.25, 0.3) is 0 Å². The van der Waals surface area contributed by atoms with E-state index in [4.69, 9.17) is 9.47 Å². The van der Waals surface area contributed by atoms with Crippen LogP contribution in [0.5, 0.6) is 5.75 Å². The summed E-state index contributed by atoms with van der Waals surface area (Å²) >= 11 is 0. The van der Waals surface area contributed by atoms with E-state index in [2.05, 4.69) is 6.92 Å². The van der Waals surface area contributed by atoms with Gasteiger partial charge in [-0.25, -0.2) is 4.79 Å². The van der Waals surface area contributed by atoms with Crippen LogP contribution < -0.4 is 9.64 Å². The zero-order valence-corrected chi connectivity index (χ0v) is 16.1. The van der Waals surface area contributed by atoms with E-state index in [1.54, 1.807) is 36.4 Å². The molecule has 5 nitrogen and oxygen atoms in total. The van der Waals surface area contributed by atoms with Gasteiger partial charge in [0.2, 0.25) is 0 Å². The molecule has 0 unspecified atom stereocenters. The minimum absolute atomic E-state index is 0.116. The molecule has 146 valence electrons. The normalized spacial score (nSPS) is 13.8. The molecular weight excluding hydrogens is 354 g/mol. The SMILES string of the molecule is CCCCCOc1ccc(C=CC(=O)c2cccc(N3CCOC3=O)c2)cc1. The number of allylic oxidation sites excluding steroid dienone is 1. The van der Waals surface area contributed by atoms with Crippen molar-refractivity contribution in [2.45, 2.75) is 26.2 Å². The Kier molecular flexibility index (Phi) is 6.84. The van der Waals surface area contributed by atoms with E-state index in [-0.39, 0.29) is 11.9 Å². The van der Waals surface area contributed by atoms with Crippen LogP contribution in [0.3, 0.4) is 0 Å². The summed E-state index contributed by atoms with van der Waals surface area (Å²) in [7, 11) is 0. The number of amides is 1. The molecule has 1 aliphatic heterocycles. The van der Waals surface area contributed by atoms with Gasteiger partial charge in [-0.15, -0.1) is 0 Å². The minimum Gasteiger partial charge on any atom is -0.494 e. The maximum absolute atomic E-state index is 12.5. The molecule has 3 rings (SSSR count). The van der Waals surface area contributed by atoms with Crippen LogP contribution in [0.4, 0.5) is 10.5 Å². The summed E-state index contributed by atoms with van der Waals surface area (Å²) in [5.74, 6) is 0.721. The number of ether oxygens (including phenoxy) is 2. The van der Waals surface area contributed by atoms with E-state index in [1.165, 1.54) is 17.7 Å². The van der Waals surface area contributed by atoms with Gasteiger partial charge in [-0.3, -0.25) is 9.69 Å². The highest BCUT2D eigenvalue weighted by Crippen LogP contribution is 2.21. The molecule has 5 heteroatoms. The van der Waals surface area contributed by atoms with Gasteiger partial charge in [0.1, 0.15) is 12.4 Å². The number of hydrogen-bond acceptors (Lipinski definition) is 4. The molecule has 2 aromatic carbocycles. The van der Waals surface area contributed by atoms with Crippen LogP contribution in [0, 0.1) is 0 Å². The third kappa shape index (κ3) is 5.22. The van der Waals surface area contributed by atoms with E-state index < -0.39 is 0 Å². The third-order valence-corrected chi connectivity index (χ3v) is 4.53. The molecule has 28 heavy (non-hydrogen) atoms. The summed E-state index contributed by atoms with van der Waals surface area (Å²) in [6, 6.07) is 14.7. The predicted octanol–water partition coefficient (Wildman–Crippen LogP) is 5.11. The van der Waals surface area contributed by atoms with Gasteiger partial charge in [-0.2, -0.15) is 0 Å². The zero-order valence-electron chi connectivity index (χ0n) is 16.1. The molecule has 0 saturated carbocycles.